The van der Waals surface area contributed by atoms with Crippen molar-refractivity contribution in [2.75, 3.05) is 53.0 Å². The van der Waals surface area contributed by atoms with Crippen molar-refractivity contribution >= 4 is 5.91 Å². The SMILES string of the molecule is COCc1cccc(C(=O)N2CCC(CN3CCOCC3)CC2)c1. The predicted molar refractivity (Wildman–Crippen MR) is 93.0 cm³/mol. The Morgan fingerprint density at radius 2 is 1.96 bits per heavy atom. The van der Waals surface area contributed by atoms with E-state index in [0.717, 1.165) is 69.9 Å². The first kappa shape index (κ1) is 17.4. The highest BCUT2D eigenvalue weighted by Crippen LogP contribution is 2.21. The van der Waals surface area contributed by atoms with E-state index in [1.807, 2.05) is 29.2 Å². The van der Waals surface area contributed by atoms with Crippen LogP contribution in [0.25, 0.3) is 0 Å². The van der Waals surface area contributed by atoms with Gasteiger partial charge in [-0.1, -0.05) is 12.1 Å². The Kier molecular flexibility index (Phi) is 6.24. The third-order valence-corrected chi connectivity index (χ3v) is 5.01. The monoisotopic (exact) mass is 332 g/mol. The molecule has 5 nitrogen and oxygen atoms in total. The van der Waals surface area contributed by atoms with Crippen LogP contribution < -0.4 is 0 Å². The van der Waals surface area contributed by atoms with Crippen molar-refractivity contribution in [1.82, 2.24) is 9.80 Å². The van der Waals surface area contributed by atoms with Crippen LogP contribution in [0, 0.1) is 5.92 Å². The molecule has 2 aliphatic rings. The van der Waals surface area contributed by atoms with Gasteiger partial charge in [-0.15, -0.1) is 0 Å². The lowest BCUT2D eigenvalue weighted by Crippen LogP contribution is -2.44. The number of carbonyl (C=O) groups excluding carboxylic acids is 1. The van der Waals surface area contributed by atoms with Gasteiger partial charge < -0.3 is 14.4 Å². The molecule has 2 fully saturated rings. The van der Waals surface area contributed by atoms with Gasteiger partial charge in [0.1, 0.15) is 0 Å². The molecule has 1 amide bonds. The average molecular weight is 332 g/mol. The van der Waals surface area contributed by atoms with Crippen LogP contribution in [-0.4, -0.2) is 68.8 Å². The van der Waals surface area contributed by atoms with Crippen LogP contribution in [0.3, 0.4) is 0 Å². The lowest BCUT2D eigenvalue weighted by atomic mass is 9.95. The van der Waals surface area contributed by atoms with Crippen molar-refractivity contribution in [3.8, 4) is 0 Å². The van der Waals surface area contributed by atoms with Crippen molar-refractivity contribution in [3.05, 3.63) is 35.4 Å². The highest BCUT2D eigenvalue weighted by atomic mass is 16.5. The summed E-state index contributed by atoms with van der Waals surface area (Å²) in [6, 6.07) is 7.79. The minimum atomic E-state index is 0.151. The van der Waals surface area contributed by atoms with Gasteiger partial charge in [0.05, 0.1) is 19.8 Å². The lowest BCUT2D eigenvalue weighted by Gasteiger charge is -2.36. The maximum atomic E-state index is 12.7. The summed E-state index contributed by atoms with van der Waals surface area (Å²) in [6.45, 7) is 7.23. The van der Waals surface area contributed by atoms with Gasteiger partial charge in [0, 0.05) is 45.4 Å². The van der Waals surface area contributed by atoms with Crippen LogP contribution in [0.1, 0.15) is 28.8 Å². The van der Waals surface area contributed by atoms with Crippen molar-refractivity contribution in [2.45, 2.75) is 19.4 Å². The van der Waals surface area contributed by atoms with E-state index >= 15 is 0 Å². The Labute approximate surface area is 144 Å². The zero-order valence-electron chi connectivity index (χ0n) is 14.6. The summed E-state index contributed by atoms with van der Waals surface area (Å²) in [5.74, 6) is 0.852. The molecule has 0 spiro atoms. The molecule has 0 atom stereocenters. The van der Waals surface area contributed by atoms with Crippen molar-refractivity contribution < 1.29 is 14.3 Å². The minimum Gasteiger partial charge on any atom is -0.380 e. The van der Waals surface area contributed by atoms with E-state index in [4.69, 9.17) is 9.47 Å². The van der Waals surface area contributed by atoms with Gasteiger partial charge in [-0.2, -0.15) is 0 Å². The van der Waals surface area contributed by atoms with E-state index in [9.17, 15) is 4.79 Å². The van der Waals surface area contributed by atoms with Gasteiger partial charge in [0.15, 0.2) is 0 Å². The van der Waals surface area contributed by atoms with Gasteiger partial charge in [-0.05, 0) is 36.5 Å². The first-order valence-electron chi connectivity index (χ1n) is 8.93. The number of morpholine rings is 1. The van der Waals surface area contributed by atoms with Crippen LogP contribution in [0.4, 0.5) is 0 Å². The Bertz CT molecular complexity index is 535. The number of rotatable bonds is 5. The molecule has 1 aromatic carbocycles. The molecule has 0 aliphatic carbocycles. The Morgan fingerprint density at radius 1 is 1.21 bits per heavy atom. The molecule has 2 saturated heterocycles. The summed E-state index contributed by atoms with van der Waals surface area (Å²) < 4.78 is 10.6. The number of hydrogen-bond donors (Lipinski definition) is 0. The van der Waals surface area contributed by atoms with Crippen LogP contribution in [0.15, 0.2) is 24.3 Å². The lowest BCUT2D eigenvalue weighted by molar-refractivity contribution is 0.0243. The van der Waals surface area contributed by atoms with Crippen LogP contribution in [0.5, 0.6) is 0 Å². The van der Waals surface area contributed by atoms with E-state index in [2.05, 4.69) is 4.90 Å². The molecule has 132 valence electrons. The molecule has 3 rings (SSSR count). The van der Waals surface area contributed by atoms with Crippen LogP contribution >= 0.6 is 0 Å². The Hall–Kier alpha value is -1.43. The molecule has 24 heavy (non-hydrogen) atoms. The third-order valence-electron chi connectivity index (χ3n) is 5.01. The number of benzene rings is 1. The molecule has 0 aromatic heterocycles. The van der Waals surface area contributed by atoms with Crippen LogP contribution in [0.2, 0.25) is 0 Å². The fraction of sp³-hybridized carbons (Fsp3) is 0.632. The number of carbonyl (C=O) groups is 1. The summed E-state index contributed by atoms with van der Waals surface area (Å²) in [7, 11) is 1.67. The summed E-state index contributed by atoms with van der Waals surface area (Å²) in [6.07, 6.45) is 2.20. The fourth-order valence-corrected chi connectivity index (χ4v) is 3.61. The molecule has 0 saturated carbocycles. The van der Waals surface area contributed by atoms with E-state index in [0.29, 0.717) is 12.5 Å². The second-order valence-corrected chi connectivity index (χ2v) is 6.78. The molecular formula is C19H28N2O3. The highest BCUT2D eigenvalue weighted by Gasteiger charge is 2.25. The van der Waals surface area contributed by atoms with E-state index < -0.39 is 0 Å². The van der Waals surface area contributed by atoms with E-state index in [-0.39, 0.29) is 5.91 Å². The van der Waals surface area contributed by atoms with Gasteiger partial charge in [0.25, 0.3) is 5.91 Å². The van der Waals surface area contributed by atoms with Gasteiger partial charge >= 0.3 is 0 Å². The topological polar surface area (TPSA) is 42.0 Å². The standard InChI is InChI=1S/C19H28N2O3/c1-23-15-17-3-2-4-18(13-17)19(22)21-7-5-16(6-8-21)14-20-9-11-24-12-10-20/h2-4,13,16H,5-12,14-15H2,1H3. The maximum Gasteiger partial charge on any atom is 0.253 e. The molecular weight excluding hydrogens is 304 g/mol. The van der Waals surface area contributed by atoms with E-state index in [1.165, 1.54) is 0 Å². The number of hydrogen-bond acceptors (Lipinski definition) is 4. The summed E-state index contributed by atoms with van der Waals surface area (Å²) in [5, 5.41) is 0. The summed E-state index contributed by atoms with van der Waals surface area (Å²) in [5.41, 5.74) is 1.82. The fourth-order valence-electron chi connectivity index (χ4n) is 3.61. The minimum absolute atomic E-state index is 0.151. The molecule has 2 aliphatic heterocycles. The third kappa shape index (κ3) is 4.56. The number of nitrogens with zero attached hydrogens (tertiary/aromatic N) is 2. The molecule has 0 N–H and O–H groups in total. The average Bonchev–Trinajstić information content (AvgIpc) is 2.63. The first-order chi connectivity index (χ1) is 11.8. The maximum absolute atomic E-state index is 12.7. The van der Waals surface area contributed by atoms with Gasteiger partial charge in [-0.25, -0.2) is 0 Å². The van der Waals surface area contributed by atoms with Crippen molar-refractivity contribution in [3.63, 3.8) is 0 Å². The number of ether oxygens (including phenoxy) is 2. The van der Waals surface area contributed by atoms with Gasteiger partial charge in [0.2, 0.25) is 0 Å². The second-order valence-electron chi connectivity index (χ2n) is 6.78. The zero-order chi connectivity index (χ0) is 16.8. The van der Waals surface area contributed by atoms with Crippen molar-refractivity contribution in [2.24, 2.45) is 5.92 Å². The number of amides is 1. The van der Waals surface area contributed by atoms with E-state index in [1.54, 1.807) is 7.11 Å². The number of methoxy groups -OCH3 is 1. The molecule has 5 heteroatoms. The smallest absolute Gasteiger partial charge is 0.253 e. The molecule has 0 bridgehead atoms. The van der Waals surface area contributed by atoms with Gasteiger partial charge in [-0.3, -0.25) is 9.69 Å². The largest absolute Gasteiger partial charge is 0.380 e. The Balaban J connectivity index is 1.50. The molecule has 0 unspecified atom stereocenters. The van der Waals surface area contributed by atoms with Crippen molar-refractivity contribution in [1.29, 1.82) is 0 Å². The molecule has 0 radical (unpaired) electrons. The quantitative estimate of drug-likeness (QED) is 0.827. The van der Waals surface area contributed by atoms with Crippen LogP contribution in [-0.2, 0) is 16.1 Å². The normalized spacial score (nSPS) is 20.3. The highest BCUT2D eigenvalue weighted by molar-refractivity contribution is 5.94. The number of likely N-dealkylation sites (tertiary alicyclic amines) is 1. The zero-order valence-corrected chi connectivity index (χ0v) is 14.6. The summed E-state index contributed by atoms with van der Waals surface area (Å²) in [4.78, 5) is 17.2. The molecule has 1 aromatic rings. The second kappa shape index (κ2) is 8.60. The Morgan fingerprint density at radius 3 is 2.67 bits per heavy atom. The summed E-state index contributed by atoms with van der Waals surface area (Å²) >= 11 is 0. The molecule has 2 heterocycles. The number of piperidine rings is 1. The first-order valence-corrected chi connectivity index (χ1v) is 8.93. The predicted octanol–water partition coefficient (Wildman–Crippen LogP) is 2.02.